The monoisotopic (exact) mass is 279 g/mol. The minimum absolute atomic E-state index is 0.107. The van der Waals surface area contributed by atoms with Crippen LogP contribution in [0.4, 0.5) is 0 Å². The summed E-state index contributed by atoms with van der Waals surface area (Å²) in [5.74, 6) is -0.107. The van der Waals surface area contributed by atoms with Gasteiger partial charge in [0.05, 0.1) is 12.2 Å². The summed E-state index contributed by atoms with van der Waals surface area (Å²) >= 11 is 0. The van der Waals surface area contributed by atoms with Gasteiger partial charge >= 0.3 is 0 Å². The average Bonchev–Trinajstić information content (AvgIpc) is 3.07. The maximum atomic E-state index is 12.5. The summed E-state index contributed by atoms with van der Waals surface area (Å²) in [7, 11) is 0. The van der Waals surface area contributed by atoms with Crippen LogP contribution in [-0.4, -0.2) is 64.0 Å². The lowest BCUT2D eigenvalue weighted by Crippen LogP contribution is -2.34. The van der Waals surface area contributed by atoms with E-state index in [1.165, 1.54) is 4.90 Å². The molecule has 2 atom stereocenters. The molecule has 6 nitrogen and oxygen atoms in total. The third-order valence-corrected chi connectivity index (χ3v) is 4.25. The number of aromatic nitrogens is 1. The number of hydrogen-bond donors (Lipinski definition) is 3. The van der Waals surface area contributed by atoms with E-state index in [0.717, 1.165) is 25.9 Å². The van der Waals surface area contributed by atoms with Gasteiger partial charge in [-0.3, -0.25) is 4.79 Å². The van der Waals surface area contributed by atoms with Gasteiger partial charge in [0.2, 0.25) is 0 Å². The van der Waals surface area contributed by atoms with Gasteiger partial charge in [0.25, 0.3) is 5.91 Å². The molecule has 0 radical (unpaired) electrons. The van der Waals surface area contributed by atoms with Crippen molar-refractivity contribution in [3.63, 3.8) is 0 Å². The van der Waals surface area contributed by atoms with Gasteiger partial charge in [-0.05, 0) is 38.1 Å². The highest BCUT2D eigenvalue weighted by atomic mass is 16.3. The van der Waals surface area contributed by atoms with Crippen LogP contribution in [0.5, 0.6) is 0 Å². The lowest BCUT2D eigenvalue weighted by Gasteiger charge is -2.27. The fourth-order valence-electron chi connectivity index (χ4n) is 3.08. The molecular formula is C14H21N3O3. The van der Waals surface area contributed by atoms with Crippen LogP contribution in [0, 0.1) is 0 Å². The zero-order valence-corrected chi connectivity index (χ0v) is 11.4. The van der Waals surface area contributed by atoms with E-state index in [4.69, 9.17) is 0 Å². The molecule has 0 spiro atoms. The van der Waals surface area contributed by atoms with E-state index in [-0.39, 0.29) is 19.0 Å². The number of aliphatic hydroxyl groups is 2. The Bertz CT molecular complexity index is 472. The first kappa shape index (κ1) is 13.6. The largest absolute Gasteiger partial charge is 0.388 e. The first-order valence-corrected chi connectivity index (χ1v) is 7.20. The zero-order chi connectivity index (χ0) is 14.1. The number of aliphatic hydroxyl groups excluding tert-OH is 2. The summed E-state index contributed by atoms with van der Waals surface area (Å²) in [6.45, 7) is 2.35. The highest BCUT2D eigenvalue weighted by Gasteiger charge is 2.34. The fourth-order valence-corrected chi connectivity index (χ4v) is 3.08. The van der Waals surface area contributed by atoms with Crippen LogP contribution < -0.4 is 5.32 Å². The van der Waals surface area contributed by atoms with E-state index in [2.05, 4.69) is 5.32 Å². The molecule has 2 fully saturated rings. The Kier molecular flexibility index (Phi) is 3.78. The van der Waals surface area contributed by atoms with E-state index >= 15 is 0 Å². The average molecular weight is 279 g/mol. The van der Waals surface area contributed by atoms with E-state index in [9.17, 15) is 15.0 Å². The van der Waals surface area contributed by atoms with E-state index in [0.29, 0.717) is 11.7 Å². The first-order chi connectivity index (χ1) is 9.66. The minimum Gasteiger partial charge on any atom is -0.388 e. The van der Waals surface area contributed by atoms with Crippen molar-refractivity contribution >= 4 is 5.91 Å². The number of amides is 1. The van der Waals surface area contributed by atoms with Gasteiger partial charge in [0.1, 0.15) is 5.69 Å². The van der Waals surface area contributed by atoms with Gasteiger partial charge in [-0.25, -0.2) is 0 Å². The molecule has 110 valence electrons. The molecule has 2 aliphatic rings. The summed E-state index contributed by atoms with van der Waals surface area (Å²) < 4.78 is 2.04. The number of rotatable bonds is 2. The van der Waals surface area contributed by atoms with Crippen molar-refractivity contribution < 1.29 is 15.0 Å². The maximum Gasteiger partial charge on any atom is 0.270 e. The van der Waals surface area contributed by atoms with Crippen molar-refractivity contribution in [3.05, 3.63) is 24.0 Å². The summed E-state index contributed by atoms with van der Waals surface area (Å²) in [6.07, 6.45) is 2.31. The van der Waals surface area contributed by atoms with Gasteiger partial charge in [0.15, 0.2) is 0 Å². The number of nitrogens with one attached hydrogen (secondary N) is 1. The predicted octanol–water partition coefficient (Wildman–Crippen LogP) is -0.410. The van der Waals surface area contributed by atoms with E-state index in [1.54, 1.807) is 0 Å². The Morgan fingerprint density at radius 1 is 1.20 bits per heavy atom. The lowest BCUT2D eigenvalue weighted by atomic mass is 10.1. The highest BCUT2D eigenvalue weighted by molar-refractivity contribution is 5.93. The number of β-amino-alcohol motifs (C(OH)–C–C–N with tert-alkyl or cyclic N) is 2. The topological polar surface area (TPSA) is 77.7 Å². The second-order valence-electron chi connectivity index (χ2n) is 5.63. The molecule has 0 aliphatic carbocycles. The Hall–Kier alpha value is -1.37. The molecule has 1 amide bonds. The maximum absolute atomic E-state index is 12.5. The molecule has 3 heterocycles. The zero-order valence-electron chi connectivity index (χ0n) is 11.4. The van der Waals surface area contributed by atoms with Crippen molar-refractivity contribution in [2.45, 2.75) is 31.1 Å². The number of carbonyl (C=O) groups excluding carboxylic acids is 1. The molecule has 0 aromatic carbocycles. The third kappa shape index (κ3) is 2.46. The van der Waals surface area contributed by atoms with Gasteiger partial charge in [-0.1, -0.05) is 0 Å². The second-order valence-corrected chi connectivity index (χ2v) is 5.63. The molecule has 0 bridgehead atoms. The van der Waals surface area contributed by atoms with Crippen molar-refractivity contribution in [1.29, 1.82) is 0 Å². The van der Waals surface area contributed by atoms with Crippen molar-refractivity contribution in [2.24, 2.45) is 0 Å². The summed E-state index contributed by atoms with van der Waals surface area (Å²) in [4.78, 5) is 14.1. The SMILES string of the molecule is O=C(c1cccn1C1CCNCC1)N1C[C@@H](O)[C@@H](O)C1. The molecule has 1 aromatic rings. The van der Waals surface area contributed by atoms with Gasteiger partial charge in [-0.15, -0.1) is 0 Å². The molecule has 2 saturated heterocycles. The molecule has 1 aromatic heterocycles. The molecule has 6 heteroatoms. The molecule has 3 N–H and O–H groups in total. The summed E-state index contributed by atoms with van der Waals surface area (Å²) in [5.41, 5.74) is 0.651. The quantitative estimate of drug-likeness (QED) is 0.688. The van der Waals surface area contributed by atoms with Crippen molar-refractivity contribution in [1.82, 2.24) is 14.8 Å². The van der Waals surface area contributed by atoms with Crippen LogP contribution in [0.3, 0.4) is 0 Å². The van der Waals surface area contributed by atoms with Gasteiger partial charge < -0.3 is 25.0 Å². The summed E-state index contributed by atoms with van der Waals surface area (Å²) in [5, 5.41) is 22.5. The predicted molar refractivity (Wildman–Crippen MR) is 73.5 cm³/mol. The minimum atomic E-state index is -0.832. The summed E-state index contributed by atoms with van der Waals surface area (Å²) in [6, 6.07) is 4.06. The van der Waals surface area contributed by atoms with E-state index < -0.39 is 12.2 Å². The molecule has 3 rings (SSSR count). The third-order valence-electron chi connectivity index (χ3n) is 4.25. The van der Waals surface area contributed by atoms with Crippen LogP contribution in [0.15, 0.2) is 18.3 Å². The van der Waals surface area contributed by atoms with Crippen LogP contribution in [-0.2, 0) is 0 Å². The standard InChI is InChI=1S/C14H21N3O3/c18-12-8-16(9-13(12)19)14(20)11-2-1-7-17(11)10-3-5-15-6-4-10/h1-2,7,10,12-13,15,18-19H,3-6,8-9H2/t12-,13+. The van der Waals surface area contributed by atoms with Crippen LogP contribution in [0.1, 0.15) is 29.4 Å². The fraction of sp³-hybridized carbons (Fsp3) is 0.643. The van der Waals surface area contributed by atoms with Crippen molar-refractivity contribution in [2.75, 3.05) is 26.2 Å². The highest BCUT2D eigenvalue weighted by Crippen LogP contribution is 2.23. The molecule has 0 saturated carbocycles. The second kappa shape index (κ2) is 5.55. The van der Waals surface area contributed by atoms with Crippen LogP contribution >= 0.6 is 0 Å². The molecule has 20 heavy (non-hydrogen) atoms. The molecule has 2 aliphatic heterocycles. The first-order valence-electron chi connectivity index (χ1n) is 7.20. The number of likely N-dealkylation sites (tertiary alicyclic amines) is 1. The Morgan fingerprint density at radius 3 is 2.50 bits per heavy atom. The van der Waals surface area contributed by atoms with Gasteiger partial charge in [-0.2, -0.15) is 0 Å². The van der Waals surface area contributed by atoms with Crippen LogP contribution in [0.25, 0.3) is 0 Å². The molecule has 0 unspecified atom stereocenters. The van der Waals surface area contributed by atoms with Crippen molar-refractivity contribution in [3.8, 4) is 0 Å². The van der Waals surface area contributed by atoms with E-state index in [1.807, 2.05) is 22.9 Å². The van der Waals surface area contributed by atoms with Crippen LogP contribution in [0.2, 0.25) is 0 Å². The Balaban J connectivity index is 1.77. The number of piperidine rings is 1. The number of hydrogen-bond acceptors (Lipinski definition) is 4. The van der Waals surface area contributed by atoms with Gasteiger partial charge in [0, 0.05) is 25.3 Å². The molecular weight excluding hydrogens is 258 g/mol. The Morgan fingerprint density at radius 2 is 1.85 bits per heavy atom. The lowest BCUT2D eigenvalue weighted by molar-refractivity contribution is 0.0572. The smallest absolute Gasteiger partial charge is 0.270 e. The number of carbonyl (C=O) groups is 1. The normalized spacial score (nSPS) is 28.0. The number of nitrogens with zero attached hydrogens (tertiary/aromatic N) is 2. The Labute approximate surface area is 118 Å².